The standard InChI is InChI=1S/C19H16F3N3O2/c20-19(21,22)17-10-11-25(24-17)13-18(26)23-12-14-6-4-5-9-16(14)27-15-7-2-1-3-8-15/h1-11H,12-13H2,(H,23,26). The Morgan fingerprint density at radius 1 is 1.04 bits per heavy atom. The van der Waals surface area contributed by atoms with Crippen LogP contribution in [0.1, 0.15) is 11.3 Å². The van der Waals surface area contributed by atoms with E-state index < -0.39 is 17.8 Å². The van der Waals surface area contributed by atoms with Gasteiger partial charge < -0.3 is 10.1 Å². The van der Waals surface area contributed by atoms with Gasteiger partial charge in [0.15, 0.2) is 5.69 Å². The number of para-hydroxylation sites is 2. The van der Waals surface area contributed by atoms with Gasteiger partial charge >= 0.3 is 6.18 Å². The summed E-state index contributed by atoms with van der Waals surface area (Å²) in [7, 11) is 0. The number of alkyl halides is 3. The molecule has 0 saturated carbocycles. The van der Waals surface area contributed by atoms with Gasteiger partial charge in [0.05, 0.1) is 0 Å². The van der Waals surface area contributed by atoms with E-state index in [1.165, 1.54) is 0 Å². The Labute approximate surface area is 153 Å². The van der Waals surface area contributed by atoms with Crippen LogP contribution in [0, 0.1) is 0 Å². The number of hydrogen-bond donors (Lipinski definition) is 1. The predicted octanol–water partition coefficient (Wildman–Crippen LogP) is 4.01. The first-order chi connectivity index (χ1) is 12.9. The Morgan fingerprint density at radius 3 is 2.44 bits per heavy atom. The zero-order valence-electron chi connectivity index (χ0n) is 14.1. The molecule has 27 heavy (non-hydrogen) atoms. The van der Waals surface area contributed by atoms with Crippen molar-refractivity contribution in [1.29, 1.82) is 0 Å². The average molecular weight is 375 g/mol. The van der Waals surface area contributed by atoms with Crippen molar-refractivity contribution in [3.63, 3.8) is 0 Å². The monoisotopic (exact) mass is 375 g/mol. The third-order valence-corrected chi connectivity index (χ3v) is 3.66. The van der Waals surface area contributed by atoms with Gasteiger partial charge in [-0.2, -0.15) is 18.3 Å². The van der Waals surface area contributed by atoms with Crippen LogP contribution in [0.4, 0.5) is 13.2 Å². The van der Waals surface area contributed by atoms with Crippen LogP contribution in [0.2, 0.25) is 0 Å². The molecule has 8 heteroatoms. The molecule has 1 amide bonds. The molecule has 0 aliphatic rings. The molecule has 0 atom stereocenters. The molecule has 2 aromatic carbocycles. The van der Waals surface area contributed by atoms with Crippen LogP contribution in [0.15, 0.2) is 66.9 Å². The highest BCUT2D eigenvalue weighted by Crippen LogP contribution is 2.27. The zero-order chi connectivity index (χ0) is 19.3. The molecule has 3 rings (SSSR count). The number of rotatable bonds is 6. The summed E-state index contributed by atoms with van der Waals surface area (Å²) in [6.07, 6.45) is -3.41. The molecule has 1 aromatic heterocycles. The van der Waals surface area contributed by atoms with E-state index in [4.69, 9.17) is 4.74 Å². The van der Waals surface area contributed by atoms with Gasteiger partial charge in [0.25, 0.3) is 0 Å². The van der Waals surface area contributed by atoms with Gasteiger partial charge in [-0.3, -0.25) is 9.48 Å². The summed E-state index contributed by atoms with van der Waals surface area (Å²) in [6, 6.07) is 17.2. The Bertz CT molecular complexity index is 908. The summed E-state index contributed by atoms with van der Waals surface area (Å²) < 4.78 is 44.4. The SMILES string of the molecule is O=C(Cn1ccc(C(F)(F)F)n1)NCc1ccccc1Oc1ccccc1. The first kappa shape index (κ1) is 18.5. The van der Waals surface area contributed by atoms with Crippen LogP contribution in [0.25, 0.3) is 0 Å². The van der Waals surface area contributed by atoms with Crippen LogP contribution in [-0.2, 0) is 24.1 Å². The molecular formula is C19H16F3N3O2. The molecule has 0 spiro atoms. The van der Waals surface area contributed by atoms with Crippen molar-refractivity contribution in [2.24, 2.45) is 0 Å². The van der Waals surface area contributed by atoms with Crippen LogP contribution >= 0.6 is 0 Å². The Morgan fingerprint density at radius 2 is 1.74 bits per heavy atom. The number of aromatic nitrogens is 2. The predicted molar refractivity (Wildman–Crippen MR) is 92.0 cm³/mol. The third-order valence-electron chi connectivity index (χ3n) is 3.66. The Kier molecular flexibility index (Phi) is 5.44. The van der Waals surface area contributed by atoms with Crippen LogP contribution < -0.4 is 10.1 Å². The second-order valence-electron chi connectivity index (χ2n) is 5.70. The van der Waals surface area contributed by atoms with Gasteiger partial charge in [-0.05, 0) is 24.3 Å². The molecule has 0 unspecified atom stereocenters. The molecule has 0 saturated heterocycles. The number of amides is 1. The van der Waals surface area contributed by atoms with Gasteiger partial charge in [0.2, 0.25) is 5.91 Å². The third kappa shape index (κ3) is 5.10. The van der Waals surface area contributed by atoms with Gasteiger partial charge in [-0.15, -0.1) is 0 Å². The number of carbonyl (C=O) groups is 1. The lowest BCUT2D eigenvalue weighted by molar-refractivity contribution is -0.141. The molecule has 0 radical (unpaired) electrons. The maximum absolute atomic E-state index is 12.5. The van der Waals surface area contributed by atoms with E-state index in [-0.39, 0.29) is 13.1 Å². The van der Waals surface area contributed by atoms with Crippen LogP contribution in [-0.4, -0.2) is 15.7 Å². The second kappa shape index (κ2) is 7.94. The van der Waals surface area contributed by atoms with Crippen molar-refractivity contribution in [3.05, 3.63) is 78.1 Å². The number of halogens is 3. The van der Waals surface area contributed by atoms with Crippen molar-refractivity contribution in [2.45, 2.75) is 19.3 Å². The fraction of sp³-hybridized carbons (Fsp3) is 0.158. The highest BCUT2D eigenvalue weighted by Gasteiger charge is 2.33. The van der Waals surface area contributed by atoms with Crippen LogP contribution in [0.3, 0.4) is 0 Å². The summed E-state index contributed by atoms with van der Waals surface area (Å²) in [5.41, 5.74) is -0.289. The molecular weight excluding hydrogens is 359 g/mol. The van der Waals surface area contributed by atoms with Crippen molar-refractivity contribution in [1.82, 2.24) is 15.1 Å². The van der Waals surface area contributed by atoms with Crippen LogP contribution in [0.5, 0.6) is 11.5 Å². The minimum atomic E-state index is -4.53. The van der Waals surface area contributed by atoms with E-state index in [1.54, 1.807) is 12.1 Å². The lowest BCUT2D eigenvalue weighted by Gasteiger charge is -2.12. The number of nitrogens with one attached hydrogen (secondary N) is 1. The first-order valence-corrected chi connectivity index (χ1v) is 8.10. The maximum atomic E-state index is 12.5. The zero-order valence-corrected chi connectivity index (χ0v) is 14.1. The van der Waals surface area contributed by atoms with E-state index in [0.29, 0.717) is 11.5 Å². The molecule has 140 valence electrons. The van der Waals surface area contributed by atoms with E-state index in [0.717, 1.165) is 22.5 Å². The number of nitrogens with zero attached hydrogens (tertiary/aromatic N) is 2. The Hall–Kier alpha value is -3.29. The van der Waals surface area contributed by atoms with E-state index in [1.807, 2.05) is 42.5 Å². The highest BCUT2D eigenvalue weighted by molar-refractivity contribution is 5.75. The average Bonchev–Trinajstić information content (AvgIpc) is 3.11. The van der Waals surface area contributed by atoms with E-state index in [2.05, 4.69) is 10.4 Å². The maximum Gasteiger partial charge on any atom is 0.435 e. The summed E-state index contributed by atoms with van der Waals surface area (Å²) >= 11 is 0. The highest BCUT2D eigenvalue weighted by atomic mass is 19.4. The normalized spacial score (nSPS) is 11.2. The summed E-state index contributed by atoms with van der Waals surface area (Å²) in [5.74, 6) is 0.788. The number of hydrogen-bond acceptors (Lipinski definition) is 3. The first-order valence-electron chi connectivity index (χ1n) is 8.10. The fourth-order valence-electron chi connectivity index (χ4n) is 2.36. The molecule has 1 N–H and O–H groups in total. The number of ether oxygens (including phenoxy) is 1. The quantitative estimate of drug-likeness (QED) is 0.708. The van der Waals surface area contributed by atoms with Crippen molar-refractivity contribution >= 4 is 5.91 Å². The smallest absolute Gasteiger partial charge is 0.435 e. The van der Waals surface area contributed by atoms with Crippen molar-refractivity contribution in [2.75, 3.05) is 0 Å². The van der Waals surface area contributed by atoms with Gasteiger partial charge in [-0.25, -0.2) is 0 Å². The van der Waals surface area contributed by atoms with Crippen molar-refractivity contribution < 1.29 is 22.7 Å². The number of carbonyl (C=O) groups excluding carboxylic acids is 1. The minimum absolute atomic E-state index is 0.176. The molecule has 0 fully saturated rings. The fourth-order valence-corrected chi connectivity index (χ4v) is 2.36. The lowest BCUT2D eigenvalue weighted by atomic mass is 10.2. The topological polar surface area (TPSA) is 56.2 Å². The molecule has 3 aromatic rings. The van der Waals surface area contributed by atoms with Gasteiger partial charge in [0.1, 0.15) is 18.0 Å². The second-order valence-corrected chi connectivity index (χ2v) is 5.70. The van der Waals surface area contributed by atoms with Gasteiger partial charge in [-0.1, -0.05) is 36.4 Å². The summed E-state index contributed by atoms with van der Waals surface area (Å²) in [6.45, 7) is -0.132. The number of benzene rings is 2. The van der Waals surface area contributed by atoms with E-state index >= 15 is 0 Å². The molecule has 1 heterocycles. The van der Waals surface area contributed by atoms with E-state index in [9.17, 15) is 18.0 Å². The Balaban J connectivity index is 1.60. The molecule has 0 bridgehead atoms. The van der Waals surface area contributed by atoms with Crippen molar-refractivity contribution in [3.8, 4) is 11.5 Å². The summed E-state index contributed by atoms with van der Waals surface area (Å²) in [4.78, 5) is 12.0. The van der Waals surface area contributed by atoms with Gasteiger partial charge in [0, 0.05) is 18.3 Å². The molecule has 0 aliphatic carbocycles. The minimum Gasteiger partial charge on any atom is -0.457 e. The summed E-state index contributed by atoms with van der Waals surface area (Å²) in [5, 5.41) is 6.02. The molecule has 0 aliphatic heterocycles. The lowest BCUT2D eigenvalue weighted by Crippen LogP contribution is -2.27. The largest absolute Gasteiger partial charge is 0.457 e. The molecule has 5 nitrogen and oxygen atoms in total.